The van der Waals surface area contributed by atoms with Crippen molar-refractivity contribution in [1.29, 1.82) is 0 Å². The number of hydrogen-bond donors (Lipinski definition) is 1. The molecule has 4 rings (SSSR count). The first kappa shape index (κ1) is 56.2. The third-order valence-corrected chi connectivity index (χ3v) is 10.9. The minimum Gasteiger partial charge on any atom is -0.494 e. The molecule has 0 bridgehead atoms. The van der Waals surface area contributed by atoms with Crippen molar-refractivity contribution in [2.24, 2.45) is 0 Å². The van der Waals surface area contributed by atoms with E-state index in [0.29, 0.717) is 56.5 Å². The Hall–Kier alpha value is -6.42. The van der Waals surface area contributed by atoms with E-state index in [1.54, 1.807) is 60.7 Å². The molecule has 15 nitrogen and oxygen atoms in total. The zero-order valence-corrected chi connectivity index (χ0v) is 40.3. The summed E-state index contributed by atoms with van der Waals surface area (Å²) in [6, 6.07) is 20.9. The summed E-state index contributed by atoms with van der Waals surface area (Å²) in [6.45, 7) is 9.34. The summed E-state index contributed by atoms with van der Waals surface area (Å²) in [5.74, 6) is -0.712. The lowest BCUT2D eigenvalue weighted by Crippen LogP contribution is -2.14. The molecule has 1 aromatic heterocycles. The second-order valence-corrected chi connectivity index (χ2v) is 16.5. The average molecular weight is 972 g/mol. The van der Waals surface area contributed by atoms with Gasteiger partial charge in [0, 0.05) is 17.7 Å². The maximum Gasteiger partial charge on any atom is 0.374 e. The van der Waals surface area contributed by atoms with Crippen LogP contribution in [0.4, 0.5) is 0 Å². The third-order valence-electron chi connectivity index (χ3n) is 10.9. The number of benzene rings is 3. The molecular formula is C55H71O15+. The number of hydrogen-bond acceptors (Lipinski definition) is 14. The van der Waals surface area contributed by atoms with Crippen LogP contribution in [0.1, 0.15) is 152 Å². The SMILES string of the molecule is C=CC(=O)OCCCCCCOc1ccc(C(=O)Oc2ccc(OC(O)c3ccc(OCCCCCCOC([OH2+])C=C)cc3)cc2C(=O)OCCCCCCCCCCCOC(=O)c2ccco2)cc1. The smallest absolute Gasteiger partial charge is 0.374 e. The zero-order valence-electron chi connectivity index (χ0n) is 40.3. The van der Waals surface area contributed by atoms with Crippen LogP contribution >= 0.6 is 0 Å². The molecule has 1 heterocycles. The standard InChI is InChI=1S/C55H70O15/c1-3-50(56)65-36-18-14-12-16-34-62-44-28-24-42(25-29-44)52(58)69-46-32-33-48(70-53(59)43-26-30-45(31-27-43)63-35-17-13-15-19-37-66-51(57)4-2)47(41-46)54(60)67-38-20-10-8-6-5-7-9-11-21-39-68-55(61)49-23-22-40-64-49/h3-4,22-33,40-41,50,52,56,58H,1-2,5-21,34-39H2/p+1. The second-order valence-electron chi connectivity index (χ2n) is 16.5. The fourth-order valence-corrected chi connectivity index (χ4v) is 6.92. The molecule has 4 aromatic rings. The first-order valence-corrected chi connectivity index (χ1v) is 24.5. The summed E-state index contributed by atoms with van der Waals surface area (Å²) in [5, 5.41) is 18.5. The van der Waals surface area contributed by atoms with E-state index in [-0.39, 0.29) is 35.0 Å². The van der Waals surface area contributed by atoms with Crippen molar-refractivity contribution in [3.05, 3.63) is 133 Å². The molecule has 2 atom stereocenters. The van der Waals surface area contributed by atoms with E-state index in [2.05, 4.69) is 13.2 Å². The molecule has 0 radical (unpaired) electrons. The molecule has 15 heteroatoms. The van der Waals surface area contributed by atoms with Crippen molar-refractivity contribution in [1.82, 2.24) is 0 Å². The Kier molecular flexibility index (Phi) is 27.3. The van der Waals surface area contributed by atoms with Crippen LogP contribution in [0.15, 0.2) is 115 Å². The van der Waals surface area contributed by atoms with E-state index in [1.165, 1.54) is 30.5 Å². The van der Waals surface area contributed by atoms with Gasteiger partial charge >= 0.3 is 23.9 Å². The molecule has 0 aliphatic heterocycles. The van der Waals surface area contributed by atoms with Crippen LogP contribution in [0.25, 0.3) is 0 Å². The van der Waals surface area contributed by atoms with Crippen molar-refractivity contribution in [3.8, 4) is 23.0 Å². The highest BCUT2D eigenvalue weighted by Crippen LogP contribution is 2.30. The van der Waals surface area contributed by atoms with E-state index in [4.69, 9.17) is 47.4 Å². The normalized spacial score (nSPS) is 11.7. The zero-order chi connectivity index (χ0) is 50.0. The maximum absolute atomic E-state index is 13.6. The summed E-state index contributed by atoms with van der Waals surface area (Å²) in [5.41, 5.74) is 0.657. The highest BCUT2D eigenvalue weighted by atomic mass is 16.6. The molecule has 70 heavy (non-hydrogen) atoms. The molecule has 0 aliphatic rings. The molecule has 0 amide bonds. The molecule has 2 unspecified atom stereocenters. The van der Waals surface area contributed by atoms with Gasteiger partial charge in [0.05, 0.1) is 51.5 Å². The second kappa shape index (κ2) is 34.0. The predicted octanol–water partition coefficient (Wildman–Crippen LogP) is 11.0. The van der Waals surface area contributed by atoms with Crippen LogP contribution in [0.3, 0.4) is 0 Å². The van der Waals surface area contributed by atoms with Crippen LogP contribution in [-0.2, 0) is 23.7 Å². The number of ether oxygens (including phenoxy) is 8. The fourth-order valence-electron chi connectivity index (χ4n) is 6.92. The minimum absolute atomic E-state index is 0.0314. The lowest BCUT2D eigenvalue weighted by atomic mass is 10.1. The monoisotopic (exact) mass is 971 g/mol. The van der Waals surface area contributed by atoms with Gasteiger partial charge in [-0.1, -0.05) is 64.5 Å². The van der Waals surface area contributed by atoms with Gasteiger partial charge in [0.1, 0.15) is 28.6 Å². The predicted molar refractivity (Wildman–Crippen MR) is 263 cm³/mol. The van der Waals surface area contributed by atoms with Crippen molar-refractivity contribution >= 4 is 23.9 Å². The van der Waals surface area contributed by atoms with Gasteiger partial charge in [0.2, 0.25) is 12.1 Å². The number of carbonyl (C=O) groups excluding carboxylic acids is 4. The Balaban J connectivity index is 1.24. The molecule has 0 spiro atoms. The lowest BCUT2D eigenvalue weighted by molar-refractivity contribution is -0.137. The van der Waals surface area contributed by atoms with Gasteiger partial charge in [-0.3, -0.25) is 0 Å². The van der Waals surface area contributed by atoms with Crippen LogP contribution in [0.5, 0.6) is 23.0 Å². The maximum atomic E-state index is 13.6. The highest BCUT2D eigenvalue weighted by Gasteiger charge is 2.21. The Morgan fingerprint density at radius 2 is 1.07 bits per heavy atom. The average Bonchev–Trinajstić information content (AvgIpc) is 3.93. The molecule has 3 aromatic carbocycles. The van der Waals surface area contributed by atoms with Gasteiger partial charge in [0.25, 0.3) is 6.29 Å². The Morgan fingerprint density at radius 1 is 0.571 bits per heavy atom. The first-order chi connectivity index (χ1) is 34.2. The molecular weight excluding hydrogens is 901 g/mol. The topological polar surface area (TPSA) is 198 Å². The van der Waals surface area contributed by atoms with Gasteiger partial charge in [-0.05, 0) is 137 Å². The van der Waals surface area contributed by atoms with Crippen molar-refractivity contribution < 1.29 is 71.7 Å². The Bertz CT molecular complexity index is 2110. The number of aliphatic hydroxyl groups is 1. The molecule has 3 N–H and O–H groups in total. The Labute approximate surface area is 411 Å². The van der Waals surface area contributed by atoms with Gasteiger partial charge in [-0.15, -0.1) is 0 Å². The number of esters is 4. The van der Waals surface area contributed by atoms with E-state index >= 15 is 0 Å². The number of carbonyl (C=O) groups is 4. The third kappa shape index (κ3) is 22.8. The van der Waals surface area contributed by atoms with Gasteiger partial charge in [0.15, 0.2) is 0 Å². The molecule has 0 saturated heterocycles. The quantitative estimate of drug-likeness (QED) is 0.00650. The largest absolute Gasteiger partial charge is 0.494 e. The molecule has 0 saturated carbocycles. The first-order valence-electron chi connectivity index (χ1n) is 24.5. The van der Waals surface area contributed by atoms with E-state index in [0.717, 1.165) is 109 Å². The van der Waals surface area contributed by atoms with Crippen LogP contribution in [0, 0.1) is 0 Å². The van der Waals surface area contributed by atoms with Crippen LogP contribution < -0.4 is 18.9 Å². The van der Waals surface area contributed by atoms with Gasteiger partial charge < -0.3 is 52.5 Å². The summed E-state index contributed by atoms with van der Waals surface area (Å²) >= 11 is 0. The summed E-state index contributed by atoms with van der Waals surface area (Å²) in [6.07, 6.45) is 17.5. The van der Waals surface area contributed by atoms with Gasteiger partial charge in [-0.2, -0.15) is 0 Å². The van der Waals surface area contributed by atoms with E-state index in [1.807, 2.05) is 0 Å². The number of furan rings is 1. The summed E-state index contributed by atoms with van der Waals surface area (Å²) in [7, 11) is 0. The van der Waals surface area contributed by atoms with Crippen LogP contribution in [-0.4, -0.2) is 80.0 Å². The summed E-state index contributed by atoms with van der Waals surface area (Å²) in [4.78, 5) is 49.9. The van der Waals surface area contributed by atoms with Crippen LogP contribution in [0.2, 0.25) is 0 Å². The van der Waals surface area contributed by atoms with Crippen molar-refractivity contribution in [2.75, 3.05) is 39.6 Å². The van der Waals surface area contributed by atoms with E-state index < -0.39 is 36.5 Å². The molecule has 0 fully saturated rings. The van der Waals surface area contributed by atoms with Gasteiger partial charge in [-0.25, -0.2) is 19.2 Å². The number of rotatable bonds is 38. The lowest BCUT2D eigenvalue weighted by Gasteiger charge is -2.17. The molecule has 0 aliphatic carbocycles. The minimum atomic E-state index is -1.38. The number of unbranched alkanes of at least 4 members (excludes halogenated alkanes) is 14. The van der Waals surface area contributed by atoms with Crippen molar-refractivity contribution in [3.63, 3.8) is 0 Å². The van der Waals surface area contributed by atoms with E-state index in [9.17, 15) is 24.3 Å². The van der Waals surface area contributed by atoms with Crippen molar-refractivity contribution in [2.45, 2.75) is 122 Å². The summed E-state index contributed by atoms with van der Waals surface area (Å²) < 4.78 is 49.5. The fraction of sp³-hybridized carbons (Fsp3) is 0.455. The highest BCUT2D eigenvalue weighted by molar-refractivity contribution is 5.96. The molecule has 380 valence electrons. The Morgan fingerprint density at radius 3 is 1.61 bits per heavy atom. The number of aliphatic hydroxyl groups excluding tert-OH is 1.